The van der Waals surface area contributed by atoms with Crippen molar-refractivity contribution in [1.82, 2.24) is 10.2 Å². The number of amides is 2. The summed E-state index contributed by atoms with van der Waals surface area (Å²) in [6, 6.07) is 16.0. The third-order valence-corrected chi connectivity index (χ3v) is 10.2. The number of nitrogens with zero attached hydrogens (tertiary/aromatic N) is 1. The lowest BCUT2D eigenvalue weighted by Gasteiger charge is -2.44. The van der Waals surface area contributed by atoms with Crippen LogP contribution in [0.25, 0.3) is 6.08 Å². The summed E-state index contributed by atoms with van der Waals surface area (Å²) in [5.74, 6) is 1.22. The number of halogens is 1. The van der Waals surface area contributed by atoms with Crippen LogP contribution in [0.4, 0.5) is 0 Å². The molecule has 1 saturated heterocycles. The average molecular weight is 537 g/mol. The van der Waals surface area contributed by atoms with Crippen LogP contribution in [0, 0.1) is 11.8 Å². The Balaban J connectivity index is 1.31. The van der Waals surface area contributed by atoms with E-state index in [9.17, 15) is 9.59 Å². The highest BCUT2D eigenvalue weighted by molar-refractivity contribution is 8.04. The molecule has 1 N–H and O–H groups in total. The Kier molecular flexibility index (Phi) is 8.31. The predicted molar refractivity (Wildman–Crippen MR) is 153 cm³/mol. The van der Waals surface area contributed by atoms with Gasteiger partial charge < -0.3 is 10.2 Å². The lowest BCUT2D eigenvalue weighted by atomic mass is 9.78. The van der Waals surface area contributed by atoms with Crippen molar-refractivity contribution in [2.24, 2.45) is 11.8 Å². The van der Waals surface area contributed by atoms with Gasteiger partial charge in [0.05, 0.1) is 4.91 Å². The van der Waals surface area contributed by atoms with Gasteiger partial charge in [-0.05, 0) is 72.6 Å². The quantitative estimate of drug-likeness (QED) is 0.407. The molecule has 3 aliphatic rings. The molecule has 2 aliphatic carbocycles. The van der Waals surface area contributed by atoms with E-state index in [-0.39, 0.29) is 23.9 Å². The monoisotopic (exact) mass is 536 g/mol. The largest absolute Gasteiger partial charge is 0.349 e. The molecule has 5 rings (SSSR count). The molecule has 2 aromatic carbocycles. The second kappa shape index (κ2) is 11.7. The van der Waals surface area contributed by atoms with Crippen LogP contribution in [0.3, 0.4) is 0 Å². The minimum atomic E-state index is -0.00832. The van der Waals surface area contributed by atoms with Crippen LogP contribution in [0.5, 0.6) is 0 Å². The number of fused-ring (bicyclic) bond motifs is 1. The number of benzene rings is 2. The van der Waals surface area contributed by atoms with E-state index in [1.54, 1.807) is 11.8 Å². The molecule has 3 fully saturated rings. The van der Waals surface area contributed by atoms with Gasteiger partial charge in [-0.25, -0.2) is 0 Å². The molecule has 2 saturated carbocycles. The SMILES string of the molecule is CC1CCCC(NC(=O)c2ccc(/C=C3/SC4CCCCC4N(Cc4cccc(Cl)c4)C3=O)cc2)C1C. The molecule has 6 heteroatoms. The van der Waals surface area contributed by atoms with Crippen LogP contribution < -0.4 is 5.32 Å². The van der Waals surface area contributed by atoms with Gasteiger partial charge in [0, 0.05) is 34.5 Å². The van der Waals surface area contributed by atoms with E-state index in [1.165, 1.54) is 25.7 Å². The lowest BCUT2D eigenvalue weighted by molar-refractivity contribution is -0.130. The van der Waals surface area contributed by atoms with Gasteiger partial charge in [0.15, 0.2) is 0 Å². The summed E-state index contributed by atoms with van der Waals surface area (Å²) in [5.41, 5.74) is 2.68. The van der Waals surface area contributed by atoms with Crippen molar-refractivity contribution in [3.8, 4) is 0 Å². The smallest absolute Gasteiger partial charge is 0.260 e. The molecule has 2 amide bonds. The van der Waals surface area contributed by atoms with Crippen LogP contribution in [-0.4, -0.2) is 34.0 Å². The molecule has 0 radical (unpaired) electrons. The van der Waals surface area contributed by atoms with Gasteiger partial charge in [-0.1, -0.05) is 75.4 Å². The molecule has 1 heterocycles. The summed E-state index contributed by atoms with van der Waals surface area (Å²) in [7, 11) is 0. The van der Waals surface area contributed by atoms with E-state index in [1.807, 2.05) is 54.6 Å². The Morgan fingerprint density at radius 2 is 1.84 bits per heavy atom. The standard InChI is InChI=1S/C31H37ClN2O2S/c1-20-7-5-10-26(21(20)2)33-30(35)24-15-13-22(14-16-24)18-29-31(36)34(19-23-8-6-9-25(32)17-23)27-11-3-4-12-28(27)37-29/h6,8-9,13-18,20-21,26-28H,3-5,7,10-12,19H2,1-2H3,(H,33,35)/b29-18+. The first kappa shape index (κ1) is 26.4. The Hall–Kier alpha value is -2.24. The van der Waals surface area contributed by atoms with Gasteiger partial charge in [-0.15, -0.1) is 11.8 Å². The van der Waals surface area contributed by atoms with Crippen LogP contribution in [0.1, 0.15) is 80.3 Å². The normalized spacial score (nSPS) is 29.2. The fourth-order valence-electron chi connectivity index (χ4n) is 6.11. The number of carbonyl (C=O) groups excluding carboxylic acids is 2. The van der Waals surface area contributed by atoms with Crippen molar-refractivity contribution in [1.29, 1.82) is 0 Å². The molecule has 0 aromatic heterocycles. The molecule has 1 aliphatic heterocycles. The van der Waals surface area contributed by atoms with E-state index < -0.39 is 0 Å². The van der Waals surface area contributed by atoms with Crippen LogP contribution in [0.15, 0.2) is 53.4 Å². The molecule has 196 valence electrons. The molecule has 4 nitrogen and oxygen atoms in total. The third kappa shape index (κ3) is 6.09. The number of hydrogen-bond acceptors (Lipinski definition) is 3. The second-order valence-electron chi connectivity index (χ2n) is 11.0. The van der Waals surface area contributed by atoms with Crippen molar-refractivity contribution in [2.75, 3.05) is 0 Å². The van der Waals surface area contributed by atoms with Gasteiger partial charge in [-0.3, -0.25) is 9.59 Å². The van der Waals surface area contributed by atoms with Gasteiger partial charge in [0.1, 0.15) is 0 Å². The summed E-state index contributed by atoms with van der Waals surface area (Å²) >= 11 is 7.96. The van der Waals surface area contributed by atoms with Crippen molar-refractivity contribution in [3.05, 3.63) is 75.1 Å². The Bertz CT molecular complexity index is 1160. The minimum Gasteiger partial charge on any atom is -0.349 e. The number of hydrogen-bond donors (Lipinski definition) is 1. The summed E-state index contributed by atoms with van der Waals surface area (Å²) in [6.07, 6.45) is 10.0. The van der Waals surface area contributed by atoms with Crippen LogP contribution >= 0.6 is 23.4 Å². The Labute approximate surface area is 230 Å². The predicted octanol–water partition coefficient (Wildman–Crippen LogP) is 7.32. The third-order valence-electron chi connectivity index (χ3n) is 8.55. The Morgan fingerprint density at radius 3 is 2.62 bits per heavy atom. The zero-order chi connectivity index (χ0) is 25.9. The highest BCUT2D eigenvalue weighted by Gasteiger charge is 2.40. The van der Waals surface area contributed by atoms with Crippen LogP contribution in [0.2, 0.25) is 5.02 Å². The summed E-state index contributed by atoms with van der Waals surface area (Å²) < 4.78 is 0. The summed E-state index contributed by atoms with van der Waals surface area (Å²) in [5, 5.41) is 4.37. The van der Waals surface area contributed by atoms with E-state index in [4.69, 9.17) is 11.6 Å². The molecule has 37 heavy (non-hydrogen) atoms. The molecular weight excluding hydrogens is 500 g/mol. The zero-order valence-electron chi connectivity index (χ0n) is 21.8. The van der Waals surface area contributed by atoms with Gasteiger partial charge in [0.2, 0.25) is 0 Å². The number of thioether (sulfide) groups is 1. The highest BCUT2D eigenvalue weighted by atomic mass is 35.5. The summed E-state index contributed by atoms with van der Waals surface area (Å²) in [4.78, 5) is 29.4. The van der Waals surface area contributed by atoms with Crippen molar-refractivity contribution in [2.45, 2.75) is 82.7 Å². The lowest BCUT2D eigenvalue weighted by Crippen LogP contribution is -2.50. The minimum absolute atomic E-state index is 0.00832. The van der Waals surface area contributed by atoms with Crippen molar-refractivity contribution >= 4 is 41.3 Å². The average Bonchev–Trinajstić information content (AvgIpc) is 2.89. The van der Waals surface area contributed by atoms with Crippen molar-refractivity contribution in [3.63, 3.8) is 0 Å². The first-order valence-corrected chi connectivity index (χ1v) is 15.0. The number of rotatable bonds is 5. The van der Waals surface area contributed by atoms with E-state index in [2.05, 4.69) is 24.1 Å². The molecule has 5 unspecified atom stereocenters. The van der Waals surface area contributed by atoms with Gasteiger partial charge in [0.25, 0.3) is 11.8 Å². The molecular formula is C31H37ClN2O2S. The van der Waals surface area contributed by atoms with Crippen molar-refractivity contribution < 1.29 is 9.59 Å². The molecule has 5 atom stereocenters. The molecule has 2 aromatic rings. The highest BCUT2D eigenvalue weighted by Crippen LogP contribution is 2.43. The first-order valence-electron chi connectivity index (χ1n) is 13.7. The van der Waals surface area contributed by atoms with Gasteiger partial charge >= 0.3 is 0 Å². The zero-order valence-corrected chi connectivity index (χ0v) is 23.4. The van der Waals surface area contributed by atoms with E-state index in [0.29, 0.717) is 34.2 Å². The summed E-state index contributed by atoms with van der Waals surface area (Å²) in [6.45, 7) is 5.10. The maximum Gasteiger partial charge on any atom is 0.260 e. The maximum atomic E-state index is 13.7. The fraction of sp³-hybridized carbons (Fsp3) is 0.484. The fourth-order valence-corrected chi connectivity index (χ4v) is 7.80. The Morgan fingerprint density at radius 1 is 1.05 bits per heavy atom. The van der Waals surface area contributed by atoms with E-state index >= 15 is 0 Å². The maximum absolute atomic E-state index is 13.7. The first-order chi connectivity index (χ1) is 17.9. The molecule has 0 bridgehead atoms. The van der Waals surface area contributed by atoms with Crippen LogP contribution in [-0.2, 0) is 11.3 Å². The number of carbonyl (C=O) groups is 2. The number of nitrogens with one attached hydrogen (secondary N) is 1. The molecule has 0 spiro atoms. The van der Waals surface area contributed by atoms with Gasteiger partial charge in [-0.2, -0.15) is 0 Å². The topological polar surface area (TPSA) is 49.4 Å². The van der Waals surface area contributed by atoms with E-state index in [0.717, 1.165) is 35.3 Å². The second-order valence-corrected chi connectivity index (χ2v) is 12.8.